The molecule has 0 amide bonds. The van der Waals surface area contributed by atoms with Gasteiger partial charge in [-0.05, 0) is 31.1 Å². The van der Waals surface area contributed by atoms with E-state index >= 15 is 0 Å². The predicted molar refractivity (Wildman–Crippen MR) is 80.7 cm³/mol. The van der Waals surface area contributed by atoms with Gasteiger partial charge < -0.3 is 5.32 Å². The summed E-state index contributed by atoms with van der Waals surface area (Å²) in [5.41, 5.74) is 1.11. The second kappa shape index (κ2) is 8.01. The van der Waals surface area contributed by atoms with Crippen molar-refractivity contribution in [3.8, 4) is 0 Å². The van der Waals surface area contributed by atoms with Crippen molar-refractivity contribution in [1.82, 2.24) is 15.0 Å². The number of hydrogen-bond donors (Lipinski definition) is 2. The smallest absolute Gasteiger partial charge is 0.211 e. The Hall–Kier alpha value is -0.400. The number of nitrogens with one attached hydrogen (secondary N) is 2. The van der Waals surface area contributed by atoms with Crippen LogP contribution in [0.2, 0.25) is 0 Å². The minimum absolute atomic E-state index is 0. The number of sulfonamides is 1. The number of pyridine rings is 1. The fraction of sp³-hybridized carbons (Fsp3) is 0.545. The van der Waals surface area contributed by atoms with Gasteiger partial charge in [0.2, 0.25) is 10.0 Å². The lowest BCUT2D eigenvalue weighted by Gasteiger charge is -2.18. The summed E-state index contributed by atoms with van der Waals surface area (Å²) in [4.78, 5) is 4.09. The average molecular weight is 328 g/mol. The van der Waals surface area contributed by atoms with Crippen molar-refractivity contribution in [2.75, 3.05) is 25.9 Å². The van der Waals surface area contributed by atoms with Gasteiger partial charge in [-0.15, -0.1) is 24.8 Å². The maximum atomic E-state index is 11.6. The van der Waals surface area contributed by atoms with E-state index in [2.05, 4.69) is 15.0 Å². The summed E-state index contributed by atoms with van der Waals surface area (Å²) in [6.45, 7) is 1.55. The molecule has 1 aromatic rings. The first-order chi connectivity index (χ1) is 8.12. The number of hydrogen-bond acceptors (Lipinski definition) is 4. The Labute approximate surface area is 126 Å². The quantitative estimate of drug-likeness (QED) is 0.857. The number of rotatable bonds is 4. The van der Waals surface area contributed by atoms with Crippen LogP contribution in [0.15, 0.2) is 24.5 Å². The maximum Gasteiger partial charge on any atom is 0.211 e. The zero-order valence-corrected chi connectivity index (χ0v) is 13.0. The highest BCUT2D eigenvalue weighted by Gasteiger charge is 2.31. The van der Waals surface area contributed by atoms with Crippen molar-refractivity contribution in [1.29, 1.82) is 0 Å². The summed E-state index contributed by atoms with van der Waals surface area (Å²) < 4.78 is 25.5. The Bertz CT molecular complexity index is 470. The van der Waals surface area contributed by atoms with Crippen LogP contribution in [0.1, 0.15) is 11.5 Å². The standard InChI is InChI=1S/C11H17N3O2S.2ClH/c1-12-17(15,16)8-10-6-14-7-11(10)9-3-2-4-13-5-9;;/h2-5,10-12,14H,6-8H2,1H3;2*1H. The van der Waals surface area contributed by atoms with Crippen molar-refractivity contribution in [2.45, 2.75) is 5.92 Å². The molecular weight excluding hydrogens is 309 g/mol. The Morgan fingerprint density at radius 1 is 1.42 bits per heavy atom. The summed E-state index contributed by atoms with van der Waals surface area (Å²) >= 11 is 0. The van der Waals surface area contributed by atoms with E-state index in [-0.39, 0.29) is 42.4 Å². The van der Waals surface area contributed by atoms with E-state index < -0.39 is 10.0 Å². The van der Waals surface area contributed by atoms with Crippen LogP contribution in [-0.2, 0) is 10.0 Å². The SMILES string of the molecule is CNS(=O)(=O)CC1CNCC1c1cccnc1.Cl.Cl. The van der Waals surface area contributed by atoms with Crippen LogP contribution in [0, 0.1) is 5.92 Å². The van der Waals surface area contributed by atoms with E-state index in [9.17, 15) is 8.42 Å². The van der Waals surface area contributed by atoms with Gasteiger partial charge in [-0.2, -0.15) is 0 Å². The molecule has 8 heteroatoms. The third-order valence-electron chi connectivity index (χ3n) is 3.20. The molecule has 1 fully saturated rings. The first-order valence-corrected chi connectivity index (χ1v) is 7.29. The lowest BCUT2D eigenvalue weighted by atomic mass is 9.91. The molecule has 2 atom stereocenters. The topological polar surface area (TPSA) is 71.1 Å². The molecule has 0 bridgehead atoms. The lowest BCUT2D eigenvalue weighted by Crippen LogP contribution is -2.29. The molecule has 0 aliphatic carbocycles. The van der Waals surface area contributed by atoms with E-state index in [0.29, 0.717) is 0 Å². The molecule has 0 radical (unpaired) electrons. The van der Waals surface area contributed by atoms with Crippen LogP contribution >= 0.6 is 24.8 Å². The minimum Gasteiger partial charge on any atom is -0.316 e. The molecule has 0 aromatic carbocycles. The second-order valence-electron chi connectivity index (χ2n) is 4.30. The Morgan fingerprint density at radius 2 is 2.16 bits per heavy atom. The number of nitrogens with zero attached hydrogens (tertiary/aromatic N) is 1. The number of aromatic nitrogens is 1. The molecule has 1 aliphatic heterocycles. The number of halogens is 2. The molecule has 1 aromatic heterocycles. The van der Waals surface area contributed by atoms with E-state index in [4.69, 9.17) is 0 Å². The summed E-state index contributed by atoms with van der Waals surface area (Å²) in [6, 6.07) is 3.89. The molecule has 2 unspecified atom stereocenters. The highest BCUT2D eigenvalue weighted by Crippen LogP contribution is 2.28. The predicted octanol–water partition coefficient (Wildman–Crippen LogP) is 0.777. The van der Waals surface area contributed by atoms with Crippen LogP contribution in [0.4, 0.5) is 0 Å². The van der Waals surface area contributed by atoms with Crippen molar-refractivity contribution >= 4 is 34.8 Å². The van der Waals surface area contributed by atoms with Crippen molar-refractivity contribution in [2.24, 2.45) is 5.92 Å². The highest BCUT2D eigenvalue weighted by atomic mass is 35.5. The summed E-state index contributed by atoms with van der Waals surface area (Å²) in [6.07, 6.45) is 3.54. The van der Waals surface area contributed by atoms with Crippen molar-refractivity contribution in [3.63, 3.8) is 0 Å². The molecule has 0 saturated carbocycles. The summed E-state index contributed by atoms with van der Waals surface area (Å²) in [5.74, 6) is 0.499. The fourth-order valence-corrected chi connectivity index (χ4v) is 3.34. The Kier molecular flexibility index (Phi) is 7.85. The van der Waals surface area contributed by atoms with Gasteiger partial charge in [0.05, 0.1) is 5.75 Å². The molecule has 19 heavy (non-hydrogen) atoms. The van der Waals surface area contributed by atoms with E-state index in [1.807, 2.05) is 18.3 Å². The van der Waals surface area contributed by atoms with Gasteiger partial charge in [-0.25, -0.2) is 13.1 Å². The molecule has 1 saturated heterocycles. The van der Waals surface area contributed by atoms with Gasteiger partial charge in [0.15, 0.2) is 0 Å². The van der Waals surface area contributed by atoms with Gasteiger partial charge in [0.1, 0.15) is 0 Å². The molecule has 1 aliphatic rings. The van der Waals surface area contributed by atoms with Crippen molar-refractivity contribution in [3.05, 3.63) is 30.1 Å². The Morgan fingerprint density at radius 3 is 2.74 bits per heavy atom. The van der Waals surface area contributed by atoms with E-state index in [1.165, 1.54) is 7.05 Å². The fourth-order valence-electron chi connectivity index (χ4n) is 2.26. The van der Waals surface area contributed by atoms with Crippen LogP contribution < -0.4 is 10.0 Å². The zero-order valence-electron chi connectivity index (χ0n) is 10.6. The van der Waals surface area contributed by atoms with Crippen molar-refractivity contribution < 1.29 is 8.42 Å². The summed E-state index contributed by atoms with van der Waals surface area (Å²) in [5, 5.41) is 3.25. The van der Waals surface area contributed by atoms with Crippen LogP contribution in [0.3, 0.4) is 0 Å². The zero-order chi connectivity index (χ0) is 12.3. The van der Waals surface area contributed by atoms with Gasteiger partial charge in [0, 0.05) is 24.9 Å². The molecule has 2 N–H and O–H groups in total. The first-order valence-electron chi connectivity index (χ1n) is 5.64. The molecule has 110 valence electrons. The monoisotopic (exact) mass is 327 g/mol. The van der Waals surface area contributed by atoms with Gasteiger partial charge in [-0.3, -0.25) is 4.98 Å². The van der Waals surface area contributed by atoms with E-state index in [1.54, 1.807) is 6.20 Å². The van der Waals surface area contributed by atoms with E-state index in [0.717, 1.165) is 18.7 Å². The highest BCUT2D eigenvalue weighted by molar-refractivity contribution is 7.89. The van der Waals surface area contributed by atoms with Crippen LogP contribution in [-0.4, -0.2) is 39.3 Å². The summed E-state index contributed by atoms with van der Waals surface area (Å²) in [7, 11) is -1.70. The normalized spacial score (nSPS) is 22.4. The van der Waals surface area contributed by atoms with Crippen LogP contribution in [0.25, 0.3) is 0 Å². The van der Waals surface area contributed by atoms with Gasteiger partial charge in [0.25, 0.3) is 0 Å². The Balaban J connectivity index is 0.00000162. The third-order valence-corrected chi connectivity index (χ3v) is 4.69. The molecule has 0 spiro atoms. The molecule has 2 heterocycles. The van der Waals surface area contributed by atoms with Crippen LogP contribution in [0.5, 0.6) is 0 Å². The second-order valence-corrected chi connectivity index (χ2v) is 6.27. The minimum atomic E-state index is -3.15. The third kappa shape index (κ3) is 4.89. The van der Waals surface area contributed by atoms with Gasteiger partial charge >= 0.3 is 0 Å². The average Bonchev–Trinajstić information content (AvgIpc) is 2.77. The molecule has 2 rings (SSSR count). The lowest BCUT2D eigenvalue weighted by molar-refractivity contribution is 0.536. The largest absolute Gasteiger partial charge is 0.316 e. The molecular formula is C11H19Cl2N3O2S. The maximum absolute atomic E-state index is 11.6. The molecule has 5 nitrogen and oxygen atoms in total. The first kappa shape index (κ1) is 18.6. The van der Waals surface area contributed by atoms with Gasteiger partial charge in [-0.1, -0.05) is 6.07 Å².